The van der Waals surface area contributed by atoms with Gasteiger partial charge < -0.3 is 11.1 Å². The standard InChI is InChI=1S/C14H19N3.ClH/c1-9-7-12-10(8-13(9)15)3-2-4-11(12)14-16-5-6-17-14;/h7-8,11H,2-6,15H2,1H3,(H,16,17);1H. The molecule has 1 aliphatic heterocycles. The molecule has 1 atom stereocenters. The van der Waals surface area contributed by atoms with Crippen molar-refractivity contribution in [1.82, 2.24) is 5.32 Å². The quantitative estimate of drug-likeness (QED) is 0.767. The Morgan fingerprint density at radius 1 is 1.39 bits per heavy atom. The summed E-state index contributed by atoms with van der Waals surface area (Å²) < 4.78 is 0. The summed E-state index contributed by atoms with van der Waals surface area (Å²) in [5.74, 6) is 1.66. The molecule has 1 heterocycles. The zero-order chi connectivity index (χ0) is 11.8. The fourth-order valence-electron chi connectivity index (χ4n) is 2.92. The molecule has 3 nitrogen and oxygen atoms in total. The van der Waals surface area contributed by atoms with Gasteiger partial charge >= 0.3 is 0 Å². The van der Waals surface area contributed by atoms with Gasteiger partial charge in [-0.3, -0.25) is 4.99 Å². The maximum atomic E-state index is 6.00. The minimum absolute atomic E-state index is 0. The third kappa shape index (κ3) is 2.19. The van der Waals surface area contributed by atoms with Crippen molar-refractivity contribution in [3.8, 4) is 0 Å². The molecule has 0 saturated carbocycles. The van der Waals surface area contributed by atoms with Crippen molar-refractivity contribution >= 4 is 23.9 Å². The highest BCUT2D eigenvalue weighted by Crippen LogP contribution is 2.35. The summed E-state index contributed by atoms with van der Waals surface area (Å²) in [7, 11) is 0. The summed E-state index contributed by atoms with van der Waals surface area (Å²) in [4.78, 5) is 4.58. The summed E-state index contributed by atoms with van der Waals surface area (Å²) in [6, 6.07) is 4.42. The van der Waals surface area contributed by atoms with E-state index >= 15 is 0 Å². The van der Waals surface area contributed by atoms with E-state index < -0.39 is 0 Å². The van der Waals surface area contributed by atoms with E-state index in [0.29, 0.717) is 5.92 Å². The van der Waals surface area contributed by atoms with Crippen LogP contribution in [0, 0.1) is 6.92 Å². The number of halogens is 1. The van der Waals surface area contributed by atoms with Gasteiger partial charge in [-0.15, -0.1) is 12.4 Å². The van der Waals surface area contributed by atoms with Gasteiger partial charge in [-0.05, 0) is 48.9 Å². The Kier molecular flexibility index (Phi) is 3.81. The first-order valence-corrected chi connectivity index (χ1v) is 6.43. The van der Waals surface area contributed by atoms with E-state index in [1.165, 1.54) is 35.4 Å². The molecule has 0 saturated heterocycles. The molecule has 4 heteroatoms. The monoisotopic (exact) mass is 265 g/mol. The molecule has 0 fully saturated rings. The average molecular weight is 266 g/mol. The molecule has 0 aromatic heterocycles. The van der Waals surface area contributed by atoms with Crippen LogP contribution in [0.25, 0.3) is 0 Å². The number of rotatable bonds is 1. The van der Waals surface area contributed by atoms with Crippen LogP contribution < -0.4 is 11.1 Å². The van der Waals surface area contributed by atoms with Crippen molar-refractivity contribution < 1.29 is 0 Å². The predicted octanol–water partition coefficient (Wildman–Crippen LogP) is 2.42. The van der Waals surface area contributed by atoms with Gasteiger partial charge in [0.2, 0.25) is 0 Å². The second-order valence-corrected chi connectivity index (χ2v) is 5.05. The summed E-state index contributed by atoms with van der Waals surface area (Å²) in [5.41, 5.74) is 11.0. The molecule has 3 rings (SSSR count). The lowest BCUT2D eigenvalue weighted by Crippen LogP contribution is -2.28. The molecule has 98 valence electrons. The molecule has 0 bridgehead atoms. The van der Waals surface area contributed by atoms with E-state index in [0.717, 1.165) is 25.2 Å². The number of nitrogens with zero attached hydrogens (tertiary/aromatic N) is 1. The first-order valence-electron chi connectivity index (χ1n) is 6.43. The number of nitrogen functional groups attached to an aromatic ring is 1. The van der Waals surface area contributed by atoms with E-state index in [-0.39, 0.29) is 12.4 Å². The van der Waals surface area contributed by atoms with Crippen molar-refractivity contribution in [2.24, 2.45) is 4.99 Å². The van der Waals surface area contributed by atoms with Gasteiger partial charge in [0.15, 0.2) is 0 Å². The fourth-order valence-corrected chi connectivity index (χ4v) is 2.92. The highest BCUT2D eigenvalue weighted by molar-refractivity contribution is 5.91. The highest BCUT2D eigenvalue weighted by Gasteiger charge is 2.26. The van der Waals surface area contributed by atoms with Crippen LogP contribution in [0.15, 0.2) is 17.1 Å². The zero-order valence-corrected chi connectivity index (χ0v) is 11.5. The fraction of sp³-hybridized carbons (Fsp3) is 0.500. The van der Waals surface area contributed by atoms with E-state index in [2.05, 4.69) is 29.4 Å². The lowest BCUT2D eigenvalue weighted by Gasteiger charge is -2.26. The van der Waals surface area contributed by atoms with Gasteiger partial charge in [0.05, 0.1) is 6.54 Å². The van der Waals surface area contributed by atoms with Crippen LogP contribution in [0.4, 0.5) is 5.69 Å². The summed E-state index contributed by atoms with van der Waals surface area (Å²) >= 11 is 0. The van der Waals surface area contributed by atoms with Crippen molar-refractivity contribution in [2.45, 2.75) is 32.1 Å². The largest absolute Gasteiger partial charge is 0.399 e. The lowest BCUT2D eigenvalue weighted by molar-refractivity contribution is 0.641. The lowest BCUT2D eigenvalue weighted by atomic mass is 9.81. The van der Waals surface area contributed by atoms with Crippen LogP contribution in [0.1, 0.15) is 35.4 Å². The van der Waals surface area contributed by atoms with Gasteiger partial charge in [0.25, 0.3) is 0 Å². The second-order valence-electron chi connectivity index (χ2n) is 5.05. The number of aryl methyl sites for hydroxylation is 2. The van der Waals surface area contributed by atoms with Crippen LogP contribution in [0.2, 0.25) is 0 Å². The third-order valence-electron chi connectivity index (χ3n) is 3.87. The van der Waals surface area contributed by atoms with E-state index in [9.17, 15) is 0 Å². The number of hydrogen-bond acceptors (Lipinski definition) is 3. The molecule has 3 N–H and O–H groups in total. The molecule has 1 aromatic carbocycles. The van der Waals surface area contributed by atoms with Crippen LogP contribution in [-0.4, -0.2) is 18.9 Å². The Hall–Kier alpha value is -1.22. The van der Waals surface area contributed by atoms with Gasteiger partial charge in [0.1, 0.15) is 5.84 Å². The molecule has 1 unspecified atom stereocenters. The molecule has 2 aliphatic rings. The summed E-state index contributed by atoms with van der Waals surface area (Å²) in [6.45, 7) is 4.01. The highest BCUT2D eigenvalue weighted by atomic mass is 35.5. The number of benzene rings is 1. The molecule has 1 aliphatic carbocycles. The Morgan fingerprint density at radius 2 is 2.22 bits per heavy atom. The topological polar surface area (TPSA) is 50.4 Å². The number of nitrogens with two attached hydrogens (primary N) is 1. The van der Waals surface area contributed by atoms with Crippen LogP contribution in [0.3, 0.4) is 0 Å². The summed E-state index contributed by atoms with van der Waals surface area (Å²) in [6.07, 6.45) is 3.60. The minimum Gasteiger partial charge on any atom is -0.399 e. The Balaban J connectivity index is 0.00000120. The number of aliphatic imine (C=N–C) groups is 1. The first kappa shape index (κ1) is 13.2. The van der Waals surface area contributed by atoms with Crippen LogP contribution >= 0.6 is 12.4 Å². The van der Waals surface area contributed by atoms with Crippen LogP contribution in [-0.2, 0) is 6.42 Å². The maximum Gasteiger partial charge on any atom is 0.104 e. The smallest absolute Gasteiger partial charge is 0.104 e. The zero-order valence-electron chi connectivity index (χ0n) is 10.7. The normalized spacial score (nSPS) is 21.6. The predicted molar refractivity (Wildman–Crippen MR) is 78.8 cm³/mol. The molecular weight excluding hydrogens is 246 g/mol. The average Bonchev–Trinajstić information content (AvgIpc) is 2.83. The van der Waals surface area contributed by atoms with Gasteiger partial charge in [-0.25, -0.2) is 0 Å². The molecule has 1 aromatic rings. The number of fused-ring (bicyclic) bond motifs is 1. The number of hydrogen-bond donors (Lipinski definition) is 2. The second kappa shape index (κ2) is 5.19. The minimum atomic E-state index is 0. The molecular formula is C14H20ClN3. The van der Waals surface area contributed by atoms with Gasteiger partial charge in [-0.2, -0.15) is 0 Å². The molecule has 0 radical (unpaired) electrons. The number of nitrogens with one attached hydrogen (secondary N) is 1. The van der Waals surface area contributed by atoms with Crippen LogP contribution in [0.5, 0.6) is 0 Å². The number of amidine groups is 1. The van der Waals surface area contributed by atoms with Crippen molar-refractivity contribution in [3.05, 3.63) is 28.8 Å². The van der Waals surface area contributed by atoms with Gasteiger partial charge in [-0.1, -0.05) is 6.07 Å². The Morgan fingerprint density at radius 3 is 2.94 bits per heavy atom. The maximum absolute atomic E-state index is 6.00. The SMILES string of the molecule is Cc1cc2c(cc1N)CCCC2C1=NCCN1.Cl. The number of anilines is 1. The third-order valence-corrected chi connectivity index (χ3v) is 3.87. The van der Waals surface area contributed by atoms with Crippen molar-refractivity contribution in [1.29, 1.82) is 0 Å². The summed E-state index contributed by atoms with van der Waals surface area (Å²) in [5, 5.41) is 3.42. The van der Waals surface area contributed by atoms with Gasteiger partial charge in [0, 0.05) is 18.2 Å². The van der Waals surface area contributed by atoms with E-state index in [1.807, 2.05) is 0 Å². The van der Waals surface area contributed by atoms with Crippen molar-refractivity contribution in [2.75, 3.05) is 18.8 Å². The van der Waals surface area contributed by atoms with E-state index in [4.69, 9.17) is 5.73 Å². The van der Waals surface area contributed by atoms with Crippen molar-refractivity contribution in [3.63, 3.8) is 0 Å². The van der Waals surface area contributed by atoms with E-state index in [1.54, 1.807) is 0 Å². The molecule has 0 spiro atoms. The Bertz CT molecular complexity index is 482. The Labute approximate surface area is 114 Å². The molecule has 18 heavy (non-hydrogen) atoms. The first-order chi connectivity index (χ1) is 8.25. The molecule has 0 amide bonds.